The quantitative estimate of drug-likeness (QED) is 0.357. The molecule has 0 saturated heterocycles. The lowest BCUT2D eigenvalue weighted by atomic mass is 9.93. The number of carbonyl (C=O) groups is 1. The summed E-state index contributed by atoms with van der Waals surface area (Å²) in [6, 6.07) is 17.5. The van der Waals surface area contributed by atoms with Crippen molar-refractivity contribution < 1.29 is 17.9 Å². The lowest BCUT2D eigenvalue weighted by Crippen LogP contribution is -2.29. The summed E-state index contributed by atoms with van der Waals surface area (Å²) in [6.45, 7) is 8.31. The third-order valence-electron chi connectivity index (χ3n) is 6.09. The number of carbonyl (C=O) groups excluding carboxylic acids is 1. The Hall–Kier alpha value is -3.03. The van der Waals surface area contributed by atoms with Crippen molar-refractivity contribution in [1.82, 2.24) is 5.32 Å². The van der Waals surface area contributed by atoms with Gasteiger partial charge >= 0.3 is 0 Å². The van der Waals surface area contributed by atoms with Crippen LogP contribution in [0.1, 0.15) is 65.3 Å². The summed E-state index contributed by atoms with van der Waals surface area (Å²) in [4.78, 5) is 13.0. The summed E-state index contributed by atoms with van der Waals surface area (Å²) < 4.78 is 31.7. The van der Waals surface area contributed by atoms with E-state index >= 15 is 0 Å². The van der Waals surface area contributed by atoms with Gasteiger partial charge < -0.3 is 10.1 Å². The summed E-state index contributed by atoms with van der Waals surface area (Å²) in [5.74, 6) is 0.930. The van der Waals surface area contributed by atoms with E-state index in [1.54, 1.807) is 55.6 Å². The summed E-state index contributed by atoms with van der Waals surface area (Å²) >= 11 is 6.06. The maximum absolute atomic E-state index is 13.0. The first-order valence-corrected chi connectivity index (χ1v) is 13.9. The van der Waals surface area contributed by atoms with Crippen molar-refractivity contribution in [2.75, 3.05) is 17.7 Å². The van der Waals surface area contributed by atoms with E-state index in [9.17, 15) is 13.2 Å². The zero-order chi connectivity index (χ0) is 26.6. The van der Waals surface area contributed by atoms with Crippen LogP contribution in [0.4, 0.5) is 5.69 Å². The van der Waals surface area contributed by atoms with Crippen molar-refractivity contribution in [3.05, 3.63) is 93.5 Å². The van der Waals surface area contributed by atoms with Crippen molar-refractivity contribution in [2.45, 2.75) is 46.2 Å². The standard InChI is InChI=1S/C28H33ClN2O4S/c1-18(2)25-16-26(19(3)14-27(25)35-5)20(4)30-28(32)22-12-10-21(11-13-22)17-31(36(6,33)34)24-9-7-8-23(29)15-24/h7-16,18,20H,17H2,1-6H3,(H,30,32)/t20-/m1/s1. The Morgan fingerprint density at radius 1 is 1.03 bits per heavy atom. The van der Waals surface area contributed by atoms with Crippen LogP contribution in [0.25, 0.3) is 0 Å². The number of hydrogen-bond donors (Lipinski definition) is 1. The Bertz CT molecular complexity index is 1340. The number of nitrogens with zero attached hydrogens (tertiary/aromatic N) is 1. The van der Waals surface area contributed by atoms with Gasteiger partial charge in [-0.3, -0.25) is 9.10 Å². The molecule has 0 bridgehead atoms. The Morgan fingerprint density at radius 2 is 1.69 bits per heavy atom. The van der Waals surface area contributed by atoms with E-state index in [4.69, 9.17) is 16.3 Å². The molecule has 0 spiro atoms. The molecule has 0 saturated carbocycles. The number of rotatable bonds is 9. The minimum absolute atomic E-state index is 0.125. The Morgan fingerprint density at radius 3 is 2.25 bits per heavy atom. The molecular weight excluding hydrogens is 496 g/mol. The van der Waals surface area contributed by atoms with Gasteiger partial charge in [0.1, 0.15) is 5.75 Å². The molecule has 36 heavy (non-hydrogen) atoms. The average Bonchev–Trinajstić information content (AvgIpc) is 2.81. The van der Waals surface area contributed by atoms with Crippen molar-refractivity contribution in [1.29, 1.82) is 0 Å². The predicted molar refractivity (Wildman–Crippen MR) is 147 cm³/mol. The molecule has 3 aromatic carbocycles. The summed E-state index contributed by atoms with van der Waals surface area (Å²) in [7, 11) is -1.87. The van der Waals surface area contributed by atoms with Crippen LogP contribution in [0.15, 0.2) is 60.7 Å². The zero-order valence-electron chi connectivity index (χ0n) is 21.5. The maximum atomic E-state index is 13.0. The molecule has 3 aromatic rings. The largest absolute Gasteiger partial charge is 0.496 e. The first kappa shape index (κ1) is 27.6. The van der Waals surface area contributed by atoms with Crippen LogP contribution in [-0.2, 0) is 16.6 Å². The van der Waals surface area contributed by atoms with E-state index in [-0.39, 0.29) is 24.4 Å². The molecular formula is C28H33ClN2O4S. The van der Waals surface area contributed by atoms with Gasteiger partial charge in [0.15, 0.2) is 0 Å². The summed E-state index contributed by atoms with van der Waals surface area (Å²) in [6.07, 6.45) is 1.16. The number of ether oxygens (including phenoxy) is 1. The topological polar surface area (TPSA) is 75.7 Å². The number of halogens is 1. The molecule has 0 radical (unpaired) electrons. The Labute approximate surface area is 219 Å². The van der Waals surface area contributed by atoms with Crippen LogP contribution in [0.2, 0.25) is 5.02 Å². The molecule has 0 aromatic heterocycles. The van der Waals surface area contributed by atoms with Gasteiger partial charge in [0, 0.05) is 10.6 Å². The van der Waals surface area contributed by atoms with Crippen LogP contribution < -0.4 is 14.4 Å². The number of amides is 1. The van der Waals surface area contributed by atoms with E-state index in [1.807, 2.05) is 19.9 Å². The van der Waals surface area contributed by atoms with Crippen LogP contribution >= 0.6 is 11.6 Å². The SMILES string of the molecule is COc1cc(C)c([C@@H](C)NC(=O)c2ccc(CN(c3cccc(Cl)c3)S(C)(=O)=O)cc2)cc1C(C)C. The average molecular weight is 529 g/mol. The molecule has 0 aliphatic rings. The van der Waals surface area contributed by atoms with E-state index in [0.29, 0.717) is 16.3 Å². The molecule has 0 aliphatic heterocycles. The molecule has 0 heterocycles. The van der Waals surface area contributed by atoms with Gasteiger partial charge in [-0.25, -0.2) is 8.42 Å². The fraction of sp³-hybridized carbons (Fsp3) is 0.321. The van der Waals surface area contributed by atoms with Gasteiger partial charge in [-0.15, -0.1) is 0 Å². The van der Waals surface area contributed by atoms with Crippen LogP contribution in [-0.4, -0.2) is 27.7 Å². The fourth-order valence-corrected chi connectivity index (χ4v) is 5.19. The first-order valence-electron chi connectivity index (χ1n) is 11.7. The third-order valence-corrected chi connectivity index (χ3v) is 7.47. The number of sulfonamides is 1. The lowest BCUT2D eigenvalue weighted by Gasteiger charge is -2.23. The summed E-state index contributed by atoms with van der Waals surface area (Å²) in [5.41, 5.74) is 4.90. The van der Waals surface area contributed by atoms with Crippen LogP contribution in [0.3, 0.4) is 0 Å². The number of hydrogen-bond acceptors (Lipinski definition) is 4. The summed E-state index contributed by atoms with van der Waals surface area (Å²) in [5, 5.41) is 3.53. The zero-order valence-corrected chi connectivity index (χ0v) is 23.1. The van der Waals surface area contributed by atoms with Crippen molar-refractivity contribution in [2.24, 2.45) is 0 Å². The Kier molecular flexibility index (Phi) is 8.69. The monoisotopic (exact) mass is 528 g/mol. The molecule has 0 aliphatic carbocycles. The van der Waals surface area contributed by atoms with E-state index < -0.39 is 10.0 Å². The Balaban J connectivity index is 1.77. The molecule has 3 rings (SSSR count). The second-order valence-electron chi connectivity index (χ2n) is 9.25. The third kappa shape index (κ3) is 6.59. The van der Waals surface area contributed by atoms with Crippen molar-refractivity contribution in [3.8, 4) is 5.75 Å². The second-order valence-corrected chi connectivity index (χ2v) is 11.6. The highest BCUT2D eigenvalue weighted by Gasteiger charge is 2.20. The lowest BCUT2D eigenvalue weighted by molar-refractivity contribution is 0.0939. The maximum Gasteiger partial charge on any atom is 0.251 e. The highest BCUT2D eigenvalue weighted by atomic mass is 35.5. The molecule has 0 fully saturated rings. The molecule has 8 heteroatoms. The van der Waals surface area contributed by atoms with Gasteiger partial charge in [0.05, 0.1) is 31.6 Å². The molecule has 6 nitrogen and oxygen atoms in total. The number of nitrogens with one attached hydrogen (secondary N) is 1. The first-order chi connectivity index (χ1) is 16.9. The van der Waals surface area contributed by atoms with Gasteiger partial charge in [-0.2, -0.15) is 0 Å². The fourth-order valence-electron chi connectivity index (χ4n) is 4.13. The molecule has 1 N–H and O–H groups in total. The van der Waals surface area contributed by atoms with E-state index in [0.717, 1.165) is 34.3 Å². The number of benzene rings is 3. The second kappa shape index (κ2) is 11.4. The van der Waals surface area contributed by atoms with E-state index in [1.165, 1.54) is 4.31 Å². The minimum Gasteiger partial charge on any atom is -0.496 e. The number of aryl methyl sites for hydroxylation is 1. The van der Waals surface area contributed by atoms with Gasteiger partial charge in [0.25, 0.3) is 5.91 Å². The van der Waals surface area contributed by atoms with Crippen molar-refractivity contribution >= 4 is 33.2 Å². The number of methoxy groups -OCH3 is 1. The highest BCUT2D eigenvalue weighted by molar-refractivity contribution is 7.92. The highest BCUT2D eigenvalue weighted by Crippen LogP contribution is 2.32. The molecule has 192 valence electrons. The normalized spacial score (nSPS) is 12.3. The number of anilines is 1. The molecule has 0 unspecified atom stereocenters. The predicted octanol–water partition coefficient (Wildman–Crippen LogP) is 6.24. The van der Waals surface area contributed by atoms with Gasteiger partial charge in [0.2, 0.25) is 10.0 Å². The smallest absolute Gasteiger partial charge is 0.251 e. The van der Waals surface area contributed by atoms with Crippen LogP contribution in [0, 0.1) is 6.92 Å². The molecule has 1 amide bonds. The minimum atomic E-state index is -3.54. The van der Waals surface area contributed by atoms with Gasteiger partial charge in [-0.05, 0) is 84.5 Å². The van der Waals surface area contributed by atoms with Crippen molar-refractivity contribution in [3.63, 3.8) is 0 Å². The van der Waals surface area contributed by atoms with Gasteiger partial charge in [-0.1, -0.05) is 43.6 Å². The van der Waals surface area contributed by atoms with E-state index in [2.05, 4.69) is 25.2 Å². The van der Waals surface area contributed by atoms with Crippen LogP contribution in [0.5, 0.6) is 5.75 Å². The molecule has 1 atom stereocenters.